The van der Waals surface area contributed by atoms with Crippen LogP contribution in [-0.4, -0.2) is 82.3 Å². The van der Waals surface area contributed by atoms with Crippen LogP contribution in [0.3, 0.4) is 0 Å². The molecule has 0 N–H and O–H groups in total. The van der Waals surface area contributed by atoms with Crippen LogP contribution in [0, 0.1) is 0 Å². The second kappa shape index (κ2) is 69.6. The summed E-state index contributed by atoms with van der Waals surface area (Å²) in [6, 6.07) is 0. The van der Waals surface area contributed by atoms with Gasteiger partial charge in [-0.15, -0.1) is 0 Å². The van der Waals surface area contributed by atoms with Gasteiger partial charge in [0.05, 0.1) is 40.3 Å². The van der Waals surface area contributed by atoms with Crippen molar-refractivity contribution in [3.8, 4) is 0 Å². The number of carbonyl (C=O) groups excluding carboxylic acids is 3. The topological polar surface area (TPSA) is 111 Å². The molecule has 0 rings (SSSR count). The first-order valence-electron chi connectivity index (χ1n) is 37.6. The summed E-state index contributed by atoms with van der Waals surface area (Å²) in [6.07, 6.45) is 90.0. The molecule has 9 nitrogen and oxygen atoms in total. The molecule has 2 atom stereocenters. The number of carboxylic acids is 1. The molecule has 0 aromatic carbocycles. The Morgan fingerprint density at radius 3 is 0.966 bits per heavy atom. The van der Waals surface area contributed by atoms with Gasteiger partial charge in [0.25, 0.3) is 0 Å². The van der Waals surface area contributed by atoms with E-state index in [1.165, 1.54) is 250 Å². The highest BCUT2D eigenvalue weighted by molar-refractivity contribution is 5.70. The van der Waals surface area contributed by atoms with Gasteiger partial charge in [0.1, 0.15) is 13.2 Å². The summed E-state index contributed by atoms with van der Waals surface area (Å²) in [7, 11) is 5.94. The summed E-state index contributed by atoms with van der Waals surface area (Å²) >= 11 is 0. The molecule has 0 radical (unpaired) electrons. The number of ether oxygens (including phenoxy) is 4. The zero-order valence-electron chi connectivity index (χ0n) is 58.6. The molecule has 0 heterocycles. The van der Waals surface area contributed by atoms with Crippen LogP contribution in [-0.2, 0) is 33.3 Å². The molecule has 0 amide bonds. The first kappa shape index (κ1) is 84.7. The van der Waals surface area contributed by atoms with Crippen LogP contribution >= 0.6 is 0 Å². The highest BCUT2D eigenvalue weighted by Gasteiger charge is 2.22. The minimum atomic E-state index is -1.62. The Hall–Kier alpha value is -3.27. The van der Waals surface area contributed by atoms with E-state index in [1.807, 2.05) is 21.1 Å². The van der Waals surface area contributed by atoms with E-state index in [1.54, 1.807) is 0 Å². The van der Waals surface area contributed by atoms with Gasteiger partial charge in [-0.25, -0.2) is 0 Å². The molecule has 0 aromatic rings. The quantitative estimate of drug-likeness (QED) is 0.0195. The van der Waals surface area contributed by atoms with Crippen molar-refractivity contribution in [3.05, 3.63) is 72.9 Å². The first-order chi connectivity index (χ1) is 43.1. The monoisotopic (exact) mass is 1230 g/mol. The number of allylic oxidation sites excluding steroid dienone is 12. The molecule has 0 aromatic heterocycles. The van der Waals surface area contributed by atoms with Crippen LogP contribution in [0.4, 0.5) is 0 Å². The molecule has 0 saturated carbocycles. The summed E-state index contributed by atoms with van der Waals surface area (Å²) in [5, 5.41) is 11.8. The Balaban J connectivity index is 4.03. The number of quaternary nitrogens is 1. The zero-order chi connectivity index (χ0) is 64.0. The molecule has 0 aliphatic heterocycles. The highest BCUT2D eigenvalue weighted by atomic mass is 16.7. The number of esters is 2. The van der Waals surface area contributed by atoms with E-state index in [0.717, 1.165) is 70.6 Å². The van der Waals surface area contributed by atoms with Gasteiger partial charge in [-0.3, -0.25) is 9.59 Å². The molecule has 0 aliphatic carbocycles. The number of hydrogen-bond acceptors (Lipinski definition) is 8. The summed E-state index contributed by atoms with van der Waals surface area (Å²) in [4.78, 5) is 37.5. The van der Waals surface area contributed by atoms with Crippen molar-refractivity contribution in [3.63, 3.8) is 0 Å². The largest absolute Gasteiger partial charge is 0.545 e. The van der Waals surface area contributed by atoms with Gasteiger partial charge in [-0.2, -0.15) is 0 Å². The third-order valence-electron chi connectivity index (χ3n) is 16.7. The Morgan fingerprint density at radius 1 is 0.352 bits per heavy atom. The predicted octanol–water partition coefficient (Wildman–Crippen LogP) is 22.3. The summed E-state index contributed by atoms with van der Waals surface area (Å²) < 4.78 is 22.9. The molecule has 9 heteroatoms. The lowest BCUT2D eigenvalue weighted by molar-refractivity contribution is -0.870. The predicted molar refractivity (Wildman–Crippen MR) is 375 cm³/mol. The maximum atomic E-state index is 13.0. The SMILES string of the molecule is CC/C=C\C/C=C\C/C=C\C/C=C\C/C=C\C/C=C\CCCCCCCCCCCCCCCCCCCCC(=O)OC(COC(=O)CCCCCCCCCCCCCCCCCCCCCCCCCCCC)COC(OCC[N+](C)(C)C)C(=O)[O-]. The average Bonchev–Trinajstić information content (AvgIpc) is 3.54. The van der Waals surface area contributed by atoms with Crippen molar-refractivity contribution in [1.82, 2.24) is 0 Å². The number of hydrogen-bond donors (Lipinski definition) is 0. The second-order valence-electron chi connectivity index (χ2n) is 26.6. The van der Waals surface area contributed by atoms with E-state index in [0.29, 0.717) is 23.9 Å². The maximum Gasteiger partial charge on any atom is 0.306 e. The fraction of sp³-hybridized carbons (Fsp3) is 0.810. The lowest BCUT2D eigenvalue weighted by Crippen LogP contribution is -2.44. The Labute approximate surface area is 545 Å². The number of nitrogens with zero attached hydrogens (tertiary/aromatic N) is 1. The van der Waals surface area contributed by atoms with Gasteiger partial charge in [-0.05, 0) is 64.2 Å². The van der Waals surface area contributed by atoms with E-state index in [4.69, 9.17) is 18.9 Å². The third-order valence-corrected chi connectivity index (χ3v) is 16.7. The number of carboxylic acid groups (broad SMARTS) is 1. The molecular weight excluding hydrogens is 1090 g/mol. The van der Waals surface area contributed by atoms with Crippen molar-refractivity contribution in [2.75, 3.05) is 47.5 Å². The molecular formula is C79H143NO8. The summed E-state index contributed by atoms with van der Waals surface area (Å²) in [5.74, 6) is -2.26. The van der Waals surface area contributed by atoms with Gasteiger partial charge in [0.2, 0.25) is 0 Å². The van der Waals surface area contributed by atoms with Gasteiger partial charge >= 0.3 is 11.9 Å². The number of carbonyl (C=O) groups is 3. The molecule has 0 spiro atoms. The van der Waals surface area contributed by atoms with E-state index >= 15 is 0 Å². The fourth-order valence-corrected chi connectivity index (χ4v) is 11.0. The van der Waals surface area contributed by atoms with Crippen molar-refractivity contribution >= 4 is 17.9 Å². The molecule has 2 unspecified atom stereocenters. The number of rotatable bonds is 70. The Kier molecular flexibility index (Phi) is 67.0. The van der Waals surface area contributed by atoms with Crippen LogP contribution in [0.25, 0.3) is 0 Å². The number of unbranched alkanes of at least 4 members (excludes halogenated alkanes) is 43. The molecule has 0 saturated heterocycles. The highest BCUT2D eigenvalue weighted by Crippen LogP contribution is 2.19. The average molecular weight is 1240 g/mol. The summed E-state index contributed by atoms with van der Waals surface area (Å²) in [5.41, 5.74) is 0. The smallest absolute Gasteiger partial charge is 0.306 e. The molecule has 88 heavy (non-hydrogen) atoms. The van der Waals surface area contributed by atoms with Crippen LogP contribution in [0.15, 0.2) is 72.9 Å². The van der Waals surface area contributed by atoms with Crippen LogP contribution < -0.4 is 5.11 Å². The van der Waals surface area contributed by atoms with Crippen molar-refractivity contribution in [1.29, 1.82) is 0 Å². The molecule has 0 fully saturated rings. The van der Waals surface area contributed by atoms with Crippen molar-refractivity contribution in [2.45, 2.75) is 367 Å². The molecule has 0 aliphatic rings. The lowest BCUT2D eigenvalue weighted by atomic mass is 10.0. The Morgan fingerprint density at radius 2 is 0.648 bits per heavy atom. The third kappa shape index (κ3) is 70.2. The van der Waals surface area contributed by atoms with E-state index in [-0.39, 0.29) is 32.2 Å². The van der Waals surface area contributed by atoms with Crippen LogP contribution in [0.1, 0.15) is 354 Å². The van der Waals surface area contributed by atoms with Gasteiger partial charge in [0.15, 0.2) is 12.4 Å². The van der Waals surface area contributed by atoms with E-state index in [9.17, 15) is 19.5 Å². The zero-order valence-corrected chi connectivity index (χ0v) is 58.6. The summed E-state index contributed by atoms with van der Waals surface area (Å²) in [6.45, 7) is 4.70. The van der Waals surface area contributed by atoms with Crippen LogP contribution in [0.2, 0.25) is 0 Å². The number of likely N-dealkylation sites (N-methyl/N-ethyl adjacent to an activating group) is 1. The van der Waals surface area contributed by atoms with Gasteiger partial charge in [0, 0.05) is 12.8 Å². The molecule has 0 bridgehead atoms. The Bertz CT molecular complexity index is 1680. The standard InChI is InChI=1S/C79H143NO8/c1-6-8-10-12-14-16-18-20-22-24-26-28-30-32-34-35-36-37-38-39-40-41-42-43-44-46-48-50-52-54-56-58-60-62-64-66-68-70-77(82)88-75(74-87-79(78(83)84)85-72-71-80(3,4)5)73-86-76(81)69-67-65-63-61-59-57-55-53-51-49-47-45-33-31-29-27-25-23-21-19-17-15-13-11-9-7-2/h8,10,14,16,20,22,26,28,32,34,36-37,75,79H,6-7,9,11-13,15,17-19,21,23-25,27,29-31,33,35,38-74H2,1-5H3/b10-8-,16-14-,22-20-,28-26-,34-32-,37-36-. The lowest BCUT2D eigenvalue weighted by Gasteiger charge is -2.26. The first-order valence-corrected chi connectivity index (χ1v) is 37.6. The number of aliphatic carboxylic acids is 1. The molecule has 512 valence electrons. The van der Waals surface area contributed by atoms with Gasteiger partial charge in [-0.1, -0.05) is 350 Å². The fourth-order valence-electron chi connectivity index (χ4n) is 11.0. The van der Waals surface area contributed by atoms with Crippen LogP contribution in [0.5, 0.6) is 0 Å². The van der Waals surface area contributed by atoms with Crippen molar-refractivity contribution in [2.24, 2.45) is 0 Å². The maximum absolute atomic E-state index is 13.0. The minimum absolute atomic E-state index is 0.149. The van der Waals surface area contributed by atoms with E-state index < -0.39 is 24.3 Å². The minimum Gasteiger partial charge on any atom is -0.545 e. The van der Waals surface area contributed by atoms with E-state index in [2.05, 4.69) is 86.8 Å². The van der Waals surface area contributed by atoms with Crippen molar-refractivity contribution < 1.29 is 42.9 Å². The normalized spacial score (nSPS) is 13.1. The second-order valence-corrected chi connectivity index (χ2v) is 26.6. The van der Waals surface area contributed by atoms with Gasteiger partial charge < -0.3 is 33.3 Å².